The van der Waals surface area contributed by atoms with E-state index in [0.29, 0.717) is 26.4 Å². The summed E-state index contributed by atoms with van der Waals surface area (Å²) in [5, 5.41) is 2.65. The van der Waals surface area contributed by atoms with Crippen molar-refractivity contribution in [2.75, 3.05) is 39.5 Å². The monoisotopic (exact) mass is 442 g/mol. The number of carbonyl (C=O) groups is 4. The van der Waals surface area contributed by atoms with Gasteiger partial charge in [-0.15, -0.1) is 0 Å². The van der Waals surface area contributed by atoms with Crippen LogP contribution in [0.5, 0.6) is 0 Å². The van der Waals surface area contributed by atoms with Gasteiger partial charge in [0.1, 0.15) is 6.61 Å². The second kappa shape index (κ2) is 18.9. The van der Waals surface area contributed by atoms with Crippen LogP contribution in [-0.4, -0.2) is 67.9 Å². The molecule has 0 aromatic heterocycles. The maximum Gasteiger partial charge on any atom is 0.232 e. The number of rotatable bonds is 16. The molecular weight excluding hydrogens is 400 g/mol. The van der Waals surface area contributed by atoms with Crippen LogP contribution in [0.25, 0.3) is 0 Å². The average molecular weight is 443 g/mol. The van der Waals surface area contributed by atoms with E-state index in [-0.39, 0.29) is 55.4 Å². The Morgan fingerprint density at radius 1 is 1.00 bits per heavy atom. The van der Waals surface area contributed by atoms with Crippen molar-refractivity contribution in [3.63, 3.8) is 0 Å². The van der Waals surface area contributed by atoms with Gasteiger partial charge in [-0.3, -0.25) is 24.1 Å². The molecule has 1 fully saturated rings. The third-order valence-electron chi connectivity index (χ3n) is 4.73. The number of nitrogens with zero attached hydrogens (tertiary/aromatic N) is 1. The first-order chi connectivity index (χ1) is 14.8. The van der Waals surface area contributed by atoms with E-state index >= 15 is 0 Å². The predicted octanol–water partition coefficient (Wildman–Crippen LogP) is 2.88. The van der Waals surface area contributed by atoms with Gasteiger partial charge in [-0.2, -0.15) is 0 Å². The number of nitrogens with one attached hydrogen (secondary N) is 1. The van der Waals surface area contributed by atoms with Crippen molar-refractivity contribution in [1.29, 1.82) is 0 Å². The van der Waals surface area contributed by atoms with E-state index in [1.165, 1.54) is 45.4 Å². The summed E-state index contributed by atoms with van der Waals surface area (Å²) in [6.07, 6.45) is 8.80. The number of imide groups is 1. The fourth-order valence-corrected chi connectivity index (χ4v) is 2.94. The first-order valence-electron chi connectivity index (χ1n) is 11.6. The molecule has 1 N–H and O–H groups in total. The molecule has 0 bridgehead atoms. The van der Waals surface area contributed by atoms with Crippen LogP contribution in [0.1, 0.15) is 79.1 Å². The third kappa shape index (κ3) is 15.6. The highest BCUT2D eigenvalue weighted by Crippen LogP contribution is 2.18. The molecule has 8 nitrogen and oxygen atoms in total. The molecule has 0 radical (unpaired) electrons. The Balaban J connectivity index is 0.000000954. The van der Waals surface area contributed by atoms with Crippen LogP contribution in [0, 0.1) is 5.92 Å². The van der Waals surface area contributed by atoms with Crippen LogP contribution in [0.15, 0.2) is 0 Å². The fraction of sp³-hybridized carbons (Fsp3) is 0.826. The lowest BCUT2D eigenvalue weighted by molar-refractivity contribution is -0.139. The van der Waals surface area contributed by atoms with Crippen molar-refractivity contribution < 1.29 is 28.7 Å². The highest BCUT2D eigenvalue weighted by atomic mass is 16.5. The number of unbranched alkanes of at least 4 members (excludes halogenated alkanes) is 5. The molecule has 1 unspecified atom stereocenters. The van der Waals surface area contributed by atoms with E-state index in [0.717, 1.165) is 4.90 Å². The number of carbonyl (C=O) groups excluding carboxylic acids is 4. The predicted molar refractivity (Wildman–Crippen MR) is 119 cm³/mol. The van der Waals surface area contributed by atoms with E-state index in [4.69, 9.17) is 9.47 Å². The summed E-state index contributed by atoms with van der Waals surface area (Å²) in [4.78, 5) is 46.6. The molecule has 3 amide bonds. The number of Topliss-reactive ketones (excluding diaryl/α,β-unsaturated/α-hetero) is 1. The standard InChI is InChI=1S/C15H24N2O6.C8H18/c1-11-9-14(20)17(15(11)21)5-3-13(19)16-4-6-22-7-8-23-10-12(2)18;1-3-5-7-8-6-4-2/h11H,3-10H2,1-2H3,(H,16,19);3-8H2,1-2H3. The minimum atomic E-state index is -0.288. The molecule has 180 valence electrons. The first-order valence-corrected chi connectivity index (χ1v) is 11.6. The van der Waals surface area contributed by atoms with Crippen LogP contribution in [0.2, 0.25) is 0 Å². The summed E-state index contributed by atoms with van der Waals surface area (Å²) in [6.45, 7) is 9.19. The third-order valence-corrected chi connectivity index (χ3v) is 4.73. The minimum Gasteiger partial charge on any atom is -0.377 e. The van der Waals surface area contributed by atoms with Crippen molar-refractivity contribution in [3.05, 3.63) is 0 Å². The smallest absolute Gasteiger partial charge is 0.232 e. The number of ketones is 1. The fourth-order valence-electron chi connectivity index (χ4n) is 2.94. The molecular formula is C23H42N2O6. The lowest BCUT2D eigenvalue weighted by Crippen LogP contribution is -2.35. The van der Waals surface area contributed by atoms with Crippen LogP contribution in [-0.2, 0) is 28.7 Å². The summed E-state index contributed by atoms with van der Waals surface area (Å²) in [7, 11) is 0. The lowest BCUT2D eigenvalue weighted by atomic mass is 10.1. The highest BCUT2D eigenvalue weighted by molar-refractivity contribution is 6.03. The van der Waals surface area contributed by atoms with Crippen LogP contribution in [0.3, 0.4) is 0 Å². The van der Waals surface area contributed by atoms with E-state index in [1.54, 1.807) is 6.92 Å². The Hall–Kier alpha value is -1.80. The zero-order chi connectivity index (χ0) is 23.5. The molecule has 1 atom stereocenters. The Labute approximate surface area is 187 Å². The van der Waals surface area contributed by atoms with Gasteiger partial charge in [0, 0.05) is 31.8 Å². The maximum absolute atomic E-state index is 11.7. The molecule has 1 aliphatic heterocycles. The first kappa shape index (κ1) is 29.2. The zero-order valence-corrected chi connectivity index (χ0v) is 19.9. The number of ether oxygens (including phenoxy) is 2. The number of amides is 3. The molecule has 1 aliphatic rings. The number of hydrogen-bond acceptors (Lipinski definition) is 6. The highest BCUT2D eigenvalue weighted by Gasteiger charge is 2.35. The SMILES string of the molecule is CC(=O)COCCOCCNC(=O)CCN1C(=O)CC(C)C1=O.CCCCCCCC. The second-order valence-electron chi connectivity index (χ2n) is 7.87. The topological polar surface area (TPSA) is 102 Å². The van der Waals surface area contributed by atoms with Crippen molar-refractivity contribution >= 4 is 23.5 Å². The van der Waals surface area contributed by atoms with Crippen molar-refractivity contribution in [3.8, 4) is 0 Å². The largest absolute Gasteiger partial charge is 0.377 e. The van der Waals surface area contributed by atoms with Gasteiger partial charge in [0.05, 0.1) is 19.8 Å². The van der Waals surface area contributed by atoms with Gasteiger partial charge >= 0.3 is 0 Å². The van der Waals surface area contributed by atoms with Gasteiger partial charge in [-0.25, -0.2) is 0 Å². The average Bonchev–Trinajstić information content (AvgIpc) is 2.97. The summed E-state index contributed by atoms with van der Waals surface area (Å²) < 4.78 is 10.2. The molecule has 1 heterocycles. The molecule has 0 aliphatic carbocycles. The Morgan fingerprint density at radius 2 is 1.61 bits per heavy atom. The molecule has 31 heavy (non-hydrogen) atoms. The molecule has 0 aromatic carbocycles. The van der Waals surface area contributed by atoms with E-state index in [1.807, 2.05) is 0 Å². The Kier molecular flexibility index (Phi) is 17.8. The van der Waals surface area contributed by atoms with E-state index < -0.39 is 0 Å². The number of hydrogen-bond donors (Lipinski definition) is 1. The van der Waals surface area contributed by atoms with Gasteiger partial charge in [0.2, 0.25) is 17.7 Å². The normalized spacial score (nSPS) is 15.6. The summed E-state index contributed by atoms with van der Waals surface area (Å²) >= 11 is 0. The lowest BCUT2D eigenvalue weighted by Gasteiger charge is -2.14. The van der Waals surface area contributed by atoms with Crippen molar-refractivity contribution in [2.45, 2.75) is 79.1 Å². The number of likely N-dealkylation sites (tertiary alicyclic amines) is 1. The van der Waals surface area contributed by atoms with Crippen LogP contribution < -0.4 is 5.32 Å². The van der Waals surface area contributed by atoms with Gasteiger partial charge in [-0.05, 0) is 6.92 Å². The zero-order valence-electron chi connectivity index (χ0n) is 19.9. The van der Waals surface area contributed by atoms with Gasteiger partial charge in [0.15, 0.2) is 5.78 Å². The minimum absolute atomic E-state index is 0.0402. The molecule has 0 spiro atoms. The van der Waals surface area contributed by atoms with Crippen LogP contribution >= 0.6 is 0 Å². The second-order valence-corrected chi connectivity index (χ2v) is 7.87. The van der Waals surface area contributed by atoms with Crippen molar-refractivity contribution in [1.82, 2.24) is 10.2 Å². The van der Waals surface area contributed by atoms with E-state index in [2.05, 4.69) is 19.2 Å². The van der Waals surface area contributed by atoms with Gasteiger partial charge in [0.25, 0.3) is 0 Å². The van der Waals surface area contributed by atoms with Gasteiger partial charge < -0.3 is 14.8 Å². The molecule has 8 heteroatoms. The molecule has 0 saturated carbocycles. The molecule has 1 saturated heterocycles. The quantitative estimate of drug-likeness (QED) is 0.291. The molecule has 1 rings (SSSR count). The van der Waals surface area contributed by atoms with Crippen LogP contribution in [0.4, 0.5) is 0 Å². The van der Waals surface area contributed by atoms with Crippen molar-refractivity contribution in [2.24, 2.45) is 5.92 Å². The van der Waals surface area contributed by atoms with Gasteiger partial charge in [-0.1, -0.05) is 59.3 Å². The Bertz CT molecular complexity index is 532. The summed E-state index contributed by atoms with van der Waals surface area (Å²) in [5.74, 6) is -0.992. The molecule has 0 aromatic rings. The summed E-state index contributed by atoms with van der Waals surface area (Å²) in [6, 6.07) is 0. The van der Waals surface area contributed by atoms with E-state index in [9.17, 15) is 19.2 Å². The Morgan fingerprint density at radius 3 is 2.13 bits per heavy atom. The summed E-state index contributed by atoms with van der Waals surface area (Å²) in [5.41, 5.74) is 0. The maximum atomic E-state index is 11.7.